The summed E-state index contributed by atoms with van der Waals surface area (Å²) in [5.41, 5.74) is 2.49. The van der Waals surface area contributed by atoms with E-state index in [1.807, 2.05) is 36.4 Å². The van der Waals surface area contributed by atoms with Crippen LogP contribution in [-0.2, 0) is 20.9 Å². The predicted octanol–water partition coefficient (Wildman–Crippen LogP) is 5.50. The second-order valence-electron chi connectivity index (χ2n) is 11.1. The maximum Gasteiger partial charge on any atom is 0.255 e. The first-order valence-electron chi connectivity index (χ1n) is 13.4. The molecule has 0 spiro atoms. The molecule has 1 atom stereocenters. The third-order valence-electron chi connectivity index (χ3n) is 6.87. The molecule has 4 rings (SSSR count). The van der Waals surface area contributed by atoms with Gasteiger partial charge in [0.1, 0.15) is 12.8 Å². The number of carbonyl (C=O) groups is 3. The van der Waals surface area contributed by atoms with E-state index >= 15 is 0 Å². The number of rotatable bonds is 12. The second-order valence-corrected chi connectivity index (χ2v) is 17.6. The number of amides is 3. The average molecular weight is 615 g/mol. The number of unbranched alkanes of at least 4 members (excludes halogenated alkanes) is 1. The van der Waals surface area contributed by atoms with Gasteiger partial charge in [-0.15, -0.1) is 0 Å². The van der Waals surface area contributed by atoms with Crippen molar-refractivity contribution in [1.82, 2.24) is 14.8 Å². The molecule has 2 aliphatic rings. The van der Waals surface area contributed by atoms with Gasteiger partial charge in [0.05, 0.1) is 6.61 Å². The van der Waals surface area contributed by atoms with Crippen LogP contribution < -0.4 is 4.74 Å². The van der Waals surface area contributed by atoms with E-state index < -0.39 is 14.1 Å². The van der Waals surface area contributed by atoms with Gasteiger partial charge >= 0.3 is 0 Å². The Hall–Kier alpha value is -2.82. The number of hydrogen-bond donors (Lipinski definition) is 0. The highest BCUT2D eigenvalue weighted by molar-refractivity contribution is 9.10. The summed E-state index contributed by atoms with van der Waals surface area (Å²) in [4.78, 5) is 46.1. The van der Waals surface area contributed by atoms with Gasteiger partial charge in [0.25, 0.3) is 11.8 Å². The van der Waals surface area contributed by atoms with Crippen molar-refractivity contribution in [1.29, 1.82) is 0 Å². The normalized spacial score (nSPS) is 17.8. The monoisotopic (exact) mass is 613 g/mol. The Morgan fingerprint density at radius 1 is 1.13 bits per heavy atom. The van der Waals surface area contributed by atoms with Crippen LogP contribution >= 0.6 is 15.9 Å². The number of benzene rings is 1. The van der Waals surface area contributed by atoms with Gasteiger partial charge in [-0.3, -0.25) is 19.3 Å². The summed E-state index contributed by atoms with van der Waals surface area (Å²) < 4.78 is 12.3. The zero-order valence-corrected chi connectivity index (χ0v) is 25.4. The lowest BCUT2D eigenvalue weighted by atomic mass is 10.0. The molecule has 1 saturated heterocycles. The van der Waals surface area contributed by atoms with Crippen LogP contribution in [0.5, 0.6) is 5.88 Å². The van der Waals surface area contributed by atoms with E-state index in [0.717, 1.165) is 34.5 Å². The Kier molecular flexibility index (Phi) is 9.74. The number of aromatic nitrogens is 1. The SMILES string of the molecule is C[Si](C)(C)CCOCN1C(=O)CCC(N2Cc3c(/C=C/CCCOc4ccc(Br)cn4)cccc3C2=O)C1=O. The van der Waals surface area contributed by atoms with Crippen molar-refractivity contribution in [2.45, 2.75) is 64.0 Å². The van der Waals surface area contributed by atoms with Gasteiger partial charge in [0.2, 0.25) is 11.8 Å². The highest BCUT2D eigenvalue weighted by Gasteiger charge is 2.43. The van der Waals surface area contributed by atoms with Gasteiger partial charge in [0.15, 0.2) is 0 Å². The molecule has 10 heteroatoms. The van der Waals surface area contributed by atoms with Gasteiger partial charge in [0, 0.05) is 49.9 Å². The number of imide groups is 1. The number of likely N-dealkylation sites (tertiary alicyclic amines) is 1. The van der Waals surface area contributed by atoms with E-state index in [4.69, 9.17) is 9.47 Å². The van der Waals surface area contributed by atoms with Crippen LogP contribution in [-0.4, -0.2) is 66.6 Å². The summed E-state index contributed by atoms with van der Waals surface area (Å²) in [6, 6.07) is 9.67. The van der Waals surface area contributed by atoms with Gasteiger partial charge < -0.3 is 14.4 Å². The molecule has 1 aromatic carbocycles. The molecule has 0 aliphatic carbocycles. The summed E-state index contributed by atoms with van der Waals surface area (Å²) in [7, 11) is -1.28. The number of fused-ring (bicyclic) bond motifs is 1. The molecule has 0 bridgehead atoms. The summed E-state index contributed by atoms with van der Waals surface area (Å²) >= 11 is 3.36. The Morgan fingerprint density at radius 2 is 1.95 bits per heavy atom. The van der Waals surface area contributed by atoms with Crippen LogP contribution in [0, 0.1) is 0 Å². The molecule has 0 N–H and O–H groups in total. The molecule has 8 nitrogen and oxygen atoms in total. The largest absolute Gasteiger partial charge is 0.478 e. The third-order valence-corrected chi connectivity index (χ3v) is 9.04. The Bertz CT molecular complexity index is 1230. The molecule has 0 radical (unpaired) electrons. The third kappa shape index (κ3) is 7.64. The molecule has 1 unspecified atom stereocenters. The van der Waals surface area contributed by atoms with Crippen molar-refractivity contribution in [2.75, 3.05) is 19.9 Å². The zero-order valence-electron chi connectivity index (χ0n) is 22.8. The average Bonchev–Trinajstić information content (AvgIpc) is 3.23. The van der Waals surface area contributed by atoms with Crippen molar-refractivity contribution < 1.29 is 23.9 Å². The molecule has 3 amide bonds. The summed E-state index contributed by atoms with van der Waals surface area (Å²) in [5, 5.41) is 0. The van der Waals surface area contributed by atoms with Crippen LogP contribution in [0.3, 0.4) is 0 Å². The number of halogens is 1. The number of nitrogens with zero attached hydrogens (tertiary/aromatic N) is 3. The highest BCUT2D eigenvalue weighted by Crippen LogP contribution is 2.31. The Balaban J connectivity index is 1.33. The summed E-state index contributed by atoms with van der Waals surface area (Å²) in [6.45, 7) is 8.13. The molecule has 39 heavy (non-hydrogen) atoms. The number of pyridine rings is 1. The lowest BCUT2D eigenvalue weighted by Crippen LogP contribution is -2.55. The van der Waals surface area contributed by atoms with Crippen molar-refractivity contribution in [3.63, 3.8) is 0 Å². The van der Waals surface area contributed by atoms with Gasteiger partial charge in [-0.05, 0) is 64.5 Å². The van der Waals surface area contributed by atoms with E-state index in [1.54, 1.807) is 11.1 Å². The smallest absolute Gasteiger partial charge is 0.255 e. The van der Waals surface area contributed by atoms with Crippen LogP contribution in [0.15, 0.2) is 47.1 Å². The van der Waals surface area contributed by atoms with Crippen molar-refractivity contribution in [2.24, 2.45) is 0 Å². The quantitative estimate of drug-likeness (QED) is 0.178. The molecule has 208 valence electrons. The second kappa shape index (κ2) is 13.0. The lowest BCUT2D eigenvalue weighted by Gasteiger charge is -2.35. The Morgan fingerprint density at radius 3 is 2.69 bits per heavy atom. The first kappa shape index (κ1) is 29.2. The maximum absolute atomic E-state index is 13.3. The van der Waals surface area contributed by atoms with Crippen molar-refractivity contribution in [3.05, 3.63) is 63.8 Å². The van der Waals surface area contributed by atoms with Crippen molar-refractivity contribution >= 4 is 47.8 Å². The highest BCUT2D eigenvalue weighted by atomic mass is 79.9. The van der Waals surface area contributed by atoms with Crippen LogP contribution in [0.2, 0.25) is 25.7 Å². The molecular weight excluding hydrogens is 578 g/mol. The number of allylic oxidation sites excluding steroid dienone is 1. The fourth-order valence-electron chi connectivity index (χ4n) is 4.60. The number of piperidine rings is 1. The lowest BCUT2D eigenvalue weighted by molar-refractivity contribution is -0.158. The minimum Gasteiger partial charge on any atom is -0.478 e. The minimum atomic E-state index is -1.28. The van der Waals surface area contributed by atoms with Crippen LogP contribution in [0.4, 0.5) is 0 Å². The first-order chi connectivity index (χ1) is 18.6. The summed E-state index contributed by atoms with van der Waals surface area (Å²) in [5.74, 6) is -0.157. The molecule has 0 saturated carbocycles. The number of carbonyl (C=O) groups excluding carboxylic acids is 3. The zero-order chi connectivity index (χ0) is 28.0. The first-order valence-corrected chi connectivity index (χ1v) is 17.9. The van der Waals surface area contributed by atoms with Crippen molar-refractivity contribution in [3.8, 4) is 5.88 Å². The minimum absolute atomic E-state index is 0.0524. The van der Waals surface area contributed by atoms with E-state index in [1.165, 1.54) is 4.90 Å². The molecular formula is C29H36BrN3O5Si. The topological polar surface area (TPSA) is 89.0 Å². The van der Waals surface area contributed by atoms with Gasteiger partial charge in [-0.25, -0.2) is 4.98 Å². The predicted molar refractivity (Wildman–Crippen MR) is 156 cm³/mol. The van der Waals surface area contributed by atoms with Gasteiger partial charge in [-0.1, -0.05) is 43.9 Å². The fourth-order valence-corrected chi connectivity index (χ4v) is 5.59. The molecule has 2 aliphatic heterocycles. The standard InChI is InChI=1S/C29H36BrN3O5Si/c1-39(2,3)17-16-37-20-33-27(34)14-12-25(29(33)36)32-19-24-21(9-7-10-23(24)28(32)35)8-5-4-6-15-38-26-13-11-22(30)18-31-26/h5,7-11,13,18,25H,4,6,12,14-17,19-20H2,1-3H3/b8-5+. The number of hydrogen-bond acceptors (Lipinski definition) is 6. The summed E-state index contributed by atoms with van der Waals surface area (Å²) in [6.07, 6.45) is 8.00. The van der Waals surface area contributed by atoms with Crippen LogP contribution in [0.1, 0.15) is 47.2 Å². The fraction of sp³-hybridized carbons (Fsp3) is 0.448. The molecule has 1 aromatic heterocycles. The van der Waals surface area contributed by atoms with E-state index in [0.29, 0.717) is 37.6 Å². The van der Waals surface area contributed by atoms with E-state index in [9.17, 15) is 14.4 Å². The van der Waals surface area contributed by atoms with Gasteiger partial charge in [-0.2, -0.15) is 0 Å². The van der Waals surface area contributed by atoms with Crippen LogP contribution in [0.25, 0.3) is 6.08 Å². The molecule has 1 fully saturated rings. The molecule has 2 aromatic rings. The van der Waals surface area contributed by atoms with E-state index in [-0.39, 0.29) is 30.9 Å². The molecule has 3 heterocycles. The van der Waals surface area contributed by atoms with E-state index in [2.05, 4.69) is 46.6 Å². The Labute approximate surface area is 239 Å². The number of ether oxygens (including phenoxy) is 2. The maximum atomic E-state index is 13.3.